The van der Waals surface area contributed by atoms with Gasteiger partial charge in [-0.25, -0.2) is 9.97 Å². The predicted molar refractivity (Wildman–Crippen MR) is 126 cm³/mol. The number of aromatic nitrogens is 3. The van der Waals surface area contributed by atoms with Gasteiger partial charge in [0.25, 0.3) is 5.91 Å². The molecule has 0 aliphatic heterocycles. The molecule has 33 heavy (non-hydrogen) atoms. The van der Waals surface area contributed by atoms with Gasteiger partial charge in [-0.15, -0.1) is 0 Å². The first-order valence-electron chi connectivity index (χ1n) is 11.3. The van der Waals surface area contributed by atoms with E-state index in [-0.39, 0.29) is 17.4 Å². The standard InChI is InChI=1S/C26H30N4O3/c1-5-23(33-19-8-6-7-18(13-19)32-4)25(31)30-22-15-26(2,3)14-21-20(22)16-28-24(29-21)17-9-11-27-12-10-17/h6-13,16,22-23H,5,14-15H2,1-4H3,(H,30,31). The van der Waals surface area contributed by atoms with Gasteiger partial charge in [0.05, 0.1) is 18.8 Å². The number of carbonyl (C=O) groups excluding carboxylic acids is 1. The van der Waals surface area contributed by atoms with E-state index < -0.39 is 6.10 Å². The van der Waals surface area contributed by atoms with Crippen LogP contribution in [0.4, 0.5) is 0 Å². The van der Waals surface area contributed by atoms with Gasteiger partial charge in [0.1, 0.15) is 11.5 Å². The number of hydrogen-bond acceptors (Lipinski definition) is 6. The first-order valence-corrected chi connectivity index (χ1v) is 11.3. The molecule has 7 nitrogen and oxygen atoms in total. The van der Waals surface area contributed by atoms with E-state index in [2.05, 4.69) is 29.1 Å². The van der Waals surface area contributed by atoms with Crippen molar-refractivity contribution in [1.29, 1.82) is 0 Å². The third-order valence-electron chi connectivity index (χ3n) is 5.92. The lowest BCUT2D eigenvalue weighted by atomic mass is 9.74. The van der Waals surface area contributed by atoms with Crippen molar-refractivity contribution in [3.05, 3.63) is 66.2 Å². The van der Waals surface area contributed by atoms with Crippen LogP contribution in [-0.4, -0.2) is 34.1 Å². The fourth-order valence-electron chi connectivity index (χ4n) is 4.24. The summed E-state index contributed by atoms with van der Waals surface area (Å²) in [4.78, 5) is 26.7. The largest absolute Gasteiger partial charge is 0.497 e. The van der Waals surface area contributed by atoms with Crippen LogP contribution >= 0.6 is 0 Å². The Labute approximate surface area is 194 Å². The maximum absolute atomic E-state index is 13.2. The third-order valence-corrected chi connectivity index (χ3v) is 5.92. The molecule has 0 radical (unpaired) electrons. The Morgan fingerprint density at radius 2 is 1.97 bits per heavy atom. The van der Waals surface area contributed by atoms with Gasteiger partial charge >= 0.3 is 0 Å². The Balaban J connectivity index is 1.55. The molecule has 0 saturated heterocycles. The molecule has 0 spiro atoms. The molecule has 2 unspecified atom stereocenters. The van der Waals surface area contributed by atoms with Crippen molar-refractivity contribution < 1.29 is 14.3 Å². The van der Waals surface area contributed by atoms with Crippen LogP contribution in [0.15, 0.2) is 55.0 Å². The van der Waals surface area contributed by atoms with E-state index >= 15 is 0 Å². The number of carbonyl (C=O) groups is 1. The SMILES string of the molecule is CCC(Oc1cccc(OC)c1)C(=O)NC1CC(C)(C)Cc2nc(-c3ccncc3)ncc21. The number of nitrogens with one attached hydrogen (secondary N) is 1. The number of benzene rings is 1. The second kappa shape index (κ2) is 9.57. The molecule has 0 saturated carbocycles. The molecule has 1 amide bonds. The minimum Gasteiger partial charge on any atom is -0.497 e. The minimum atomic E-state index is -0.609. The molecule has 1 aromatic carbocycles. The maximum Gasteiger partial charge on any atom is 0.261 e. The monoisotopic (exact) mass is 446 g/mol. The van der Waals surface area contributed by atoms with Crippen LogP contribution in [0.1, 0.15) is 50.9 Å². The maximum atomic E-state index is 13.2. The van der Waals surface area contributed by atoms with E-state index in [1.165, 1.54) is 0 Å². The predicted octanol–water partition coefficient (Wildman–Crippen LogP) is 4.53. The van der Waals surface area contributed by atoms with Crippen LogP contribution in [0.3, 0.4) is 0 Å². The zero-order valence-electron chi connectivity index (χ0n) is 19.5. The topological polar surface area (TPSA) is 86.2 Å². The summed E-state index contributed by atoms with van der Waals surface area (Å²) in [5, 5.41) is 3.20. The third kappa shape index (κ3) is 5.30. The highest BCUT2D eigenvalue weighted by atomic mass is 16.5. The van der Waals surface area contributed by atoms with E-state index in [9.17, 15) is 4.79 Å². The molecule has 2 atom stereocenters. The van der Waals surface area contributed by atoms with E-state index in [1.54, 1.807) is 25.6 Å². The number of hydrogen-bond donors (Lipinski definition) is 1. The molecular formula is C26H30N4O3. The van der Waals surface area contributed by atoms with Crippen LogP contribution in [0.25, 0.3) is 11.4 Å². The lowest BCUT2D eigenvalue weighted by Gasteiger charge is -2.37. The highest BCUT2D eigenvalue weighted by Gasteiger charge is 2.35. The van der Waals surface area contributed by atoms with Gasteiger partial charge in [-0.3, -0.25) is 9.78 Å². The average Bonchev–Trinajstić information content (AvgIpc) is 2.82. The lowest BCUT2D eigenvalue weighted by molar-refractivity contribution is -0.129. The van der Waals surface area contributed by atoms with E-state index in [0.717, 1.165) is 29.7 Å². The molecule has 0 fully saturated rings. The van der Waals surface area contributed by atoms with Gasteiger partial charge < -0.3 is 14.8 Å². The Morgan fingerprint density at radius 3 is 2.70 bits per heavy atom. The van der Waals surface area contributed by atoms with Crippen LogP contribution in [-0.2, 0) is 11.2 Å². The van der Waals surface area contributed by atoms with Crippen LogP contribution in [0, 0.1) is 5.41 Å². The quantitative estimate of drug-likeness (QED) is 0.574. The van der Waals surface area contributed by atoms with Crippen LogP contribution < -0.4 is 14.8 Å². The fourth-order valence-corrected chi connectivity index (χ4v) is 4.24. The van der Waals surface area contributed by atoms with Crippen molar-refractivity contribution in [2.45, 2.75) is 52.2 Å². The summed E-state index contributed by atoms with van der Waals surface area (Å²) < 4.78 is 11.3. The molecule has 1 aliphatic rings. The minimum absolute atomic E-state index is 0.00974. The second-order valence-corrected chi connectivity index (χ2v) is 9.13. The number of rotatable bonds is 7. The van der Waals surface area contributed by atoms with E-state index in [0.29, 0.717) is 23.7 Å². The van der Waals surface area contributed by atoms with Gasteiger partial charge in [0.2, 0.25) is 0 Å². The summed E-state index contributed by atoms with van der Waals surface area (Å²) >= 11 is 0. The van der Waals surface area contributed by atoms with Crippen molar-refractivity contribution in [2.75, 3.05) is 7.11 Å². The molecule has 0 bridgehead atoms. The molecule has 2 heterocycles. The van der Waals surface area contributed by atoms with Gasteiger partial charge in [0, 0.05) is 35.8 Å². The molecular weight excluding hydrogens is 416 g/mol. The van der Waals surface area contributed by atoms with Crippen LogP contribution in [0.2, 0.25) is 0 Å². The molecule has 4 rings (SSSR count). The van der Waals surface area contributed by atoms with Crippen LogP contribution in [0.5, 0.6) is 11.5 Å². The van der Waals surface area contributed by atoms with Gasteiger partial charge in [-0.05, 0) is 48.9 Å². The molecule has 3 aromatic rings. The smallest absolute Gasteiger partial charge is 0.261 e. The lowest BCUT2D eigenvalue weighted by Crippen LogP contribution is -2.43. The number of methoxy groups -OCH3 is 1. The zero-order chi connectivity index (χ0) is 23.4. The molecule has 7 heteroatoms. The number of ether oxygens (including phenoxy) is 2. The summed E-state index contributed by atoms with van der Waals surface area (Å²) in [6, 6.07) is 10.9. The molecule has 2 aromatic heterocycles. The Bertz CT molecular complexity index is 1120. The van der Waals surface area contributed by atoms with Crippen molar-refractivity contribution in [3.8, 4) is 22.9 Å². The fraction of sp³-hybridized carbons (Fsp3) is 0.385. The second-order valence-electron chi connectivity index (χ2n) is 9.13. The van der Waals surface area contributed by atoms with E-state index in [1.807, 2.05) is 43.5 Å². The van der Waals surface area contributed by atoms with Crippen molar-refractivity contribution in [2.24, 2.45) is 5.41 Å². The summed E-state index contributed by atoms with van der Waals surface area (Å²) in [6.07, 6.45) is 6.89. The zero-order valence-corrected chi connectivity index (χ0v) is 19.5. The van der Waals surface area contributed by atoms with Gasteiger partial charge in [-0.2, -0.15) is 0 Å². The molecule has 1 aliphatic carbocycles. The van der Waals surface area contributed by atoms with Crippen molar-refractivity contribution >= 4 is 5.91 Å². The number of fused-ring (bicyclic) bond motifs is 1. The van der Waals surface area contributed by atoms with Crippen molar-refractivity contribution in [3.63, 3.8) is 0 Å². The first-order chi connectivity index (χ1) is 15.9. The van der Waals surface area contributed by atoms with Gasteiger partial charge in [0.15, 0.2) is 11.9 Å². The highest BCUT2D eigenvalue weighted by Crippen LogP contribution is 2.40. The summed E-state index contributed by atoms with van der Waals surface area (Å²) in [5.74, 6) is 1.82. The normalized spacial score (nSPS) is 17.5. The van der Waals surface area contributed by atoms with E-state index in [4.69, 9.17) is 14.5 Å². The van der Waals surface area contributed by atoms with Gasteiger partial charge in [-0.1, -0.05) is 26.8 Å². The number of pyridine rings is 1. The molecule has 172 valence electrons. The first kappa shape index (κ1) is 22.7. The molecule has 1 N–H and O–H groups in total. The highest BCUT2D eigenvalue weighted by molar-refractivity contribution is 5.81. The number of nitrogens with zero attached hydrogens (tertiary/aromatic N) is 3. The average molecular weight is 447 g/mol. The Kier molecular flexibility index (Phi) is 6.58. The summed E-state index contributed by atoms with van der Waals surface area (Å²) in [5.41, 5.74) is 2.86. The summed E-state index contributed by atoms with van der Waals surface area (Å²) in [6.45, 7) is 6.34. The Morgan fingerprint density at radius 1 is 1.21 bits per heavy atom. The number of amides is 1. The summed E-state index contributed by atoms with van der Waals surface area (Å²) in [7, 11) is 1.60. The van der Waals surface area contributed by atoms with Crippen molar-refractivity contribution in [1.82, 2.24) is 20.3 Å². The Hall–Kier alpha value is -3.48.